The minimum atomic E-state index is -0.132. The Kier molecular flexibility index (Phi) is 5.59. The van der Waals surface area contributed by atoms with Crippen LogP contribution in [0.4, 0.5) is 5.82 Å². The maximum Gasteiger partial charge on any atom is 0.294 e. The molecule has 4 rings (SSSR count). The van der Waals surface area contributed by atoms with Gasteiger partial charge >= 0.3 is 0 Å². The van der Waals surface area contributed by atoms with Crippen molar-refractivity contribution in [3.63, 3.8) is 0 Å². The lowest BCUT2D eigenvalue weighted by Crippen LogP contribution is -2.45. The van der Waals surface area contributed by atoms with Gasteiger partial charge in [-0.1, -0.05) is 25.7 Å². The maximum atomic E-state index is 12.7. The first-order valence-electron chi connectivity index (χ1n) is 10.5. The predicted molar refractivity (Wildman–Crippen MR) is 109 cm³/mol. The summed E-state index contributed by atoms with van der Waals surface area (Å²) in [6.45, 7) is 1.35. The zero-order valence-corrected chi connectivity index (χ0v) is 16.6. The molecule has 0 spiro atoms. The molecule has 2 fully saturated rings. The summed E-state index contributed by atoms with van der Waals surface area (Å²) in [4.78, 5) is 36.3. The number of amides is 1. The molecule has 3 heterocycles. The molecule has 1 saturated carbocycles. The van der Waals surface area contributed by atoms with Crippen molar-refractivity contribution in [3.8, 4) is 0 Å². The van der Waals surface area contributed by atoms with Crippen molar-refractivity contribution in [2.45, 2.75) is 57.4 Å². The first-order chi connectivity index (χ1) is 13.6. The van der Waals surface area contributed by atoms with E-state index in [-0.39, 0.29) is 17.4 Å². The summed E-state index contributed by atoms with van der Waals surface area (Å²) in [6.07, 6.45) is 10.4. The maximum absolute atomic E-state index is 12.7. The van der Waals surface area contributed by atoms with E-state index < -0.39 is 0 Å². The molecule has 1 aliphatic carbocycles. The summed E-state index contributed by atoms with van der Waals surface area (Å²) in [5, 5.41) is 3.28. The monoisotopic (exact) mass is 383 g/mol. The molecule has 1 aliphatic heterocycles. The molecule has 0 unspecified atom stereocenters. The van der Waals surface area contributed by atoms with Crippen LogP contribution in [-0.4, -0.2) is 39.6 Å². The number of carbonyl (C=O) groups is 1. The van der Waals surface area contributed by atoms with Crippen molar-refractivity contribution in [1.29, 1.82) is 0 Å². The third-order valence-electron chi connectivity index (χ3n) is 6.17. The Hall–Kier alpha value is -2.44. The molecule has 0 atom stereocenters. The Labute approximate surface area is 165 Å². The number of aryl methyl sites for hydroxylation is 1. The Balaban J connectivity index is 1.41. The fraction of sp³-hybridized carbons (Fsp3) is 0.619. The van der Waals surface area contributed by atoms with Crippen molar-refractivity contribution < 1.29 is 4.79 Å². The highest BCUT2D eigenvalue weighted by molar-refractivity contribution is 5.79. The second kappa shape index (κ2) is 8.29. The molecule has 0 bridgehead atoms. The van der Waals surface area contributed by atoms with E-state index in [1.54, 1.807) is 17.8 Å². The van der Waals surface area contributed by atoms with Gasteiger partial charge in [0.1, 0.15) is 5.52 Å². The van der Waals surface area contributed by atoms with Gasteiger partial charge in [0, 0.05) is 38.3 Å². The van der Waals surface area contributed by atoms with E-state index in [1.807, 2.05) is 17.0 Å². The molecule has 1 saturated heterocycles. The highest BCUT2D eigenvalue weighted by Crippen LogP contribution is 2.23. The molecule has 1 amide bonds. The van der Waals surface area contributed by atoms with Gasteiger partial charge in [0.15, 0.2) is 11.5 Å². The average Bonchev–Trinajstić information content (AvgIpc) is 2.99. The Morgan fingerprint density at radius 1 is 1.11 bits per heavy atom. The van der Waals surface area contributed by atoms with E-state index in [0.717, 1.165) is 25.7 Å². The Morgan fingerprint density at radius 3 is 2.54 bits per heavy atom. The number of nitrogens with zero attached hydrogens (tertiary/aromatic N) is 4. The van der Waals surface area contributed by atoms with Crippen molar-refractivity contribution in [2.75, 3.05) is 18.0 Å². The van der Waals surface area contributed by atoms with E-state index in [0.29, 0.717) is 36.1 Å². The minimum absolute atomic E-state index is 0.0329. The van der Waals surface area contributed by atoms with Gasteiger partial charge in [0.2, 0.25) is 5.91 Å². The van der Waals surface area contributed by atoms with E-state index in [4.69, 9.17) is 0 Å². The first-order valence-corrected chi connectivity index (χ1v) is 10.5. The Bertz CT molecular complexity index is 893. The number of rotatable bonds is 3. The number of nitrogens with one attached hydrogen (secondary N) is 1. The molecule has 2 aliphatic rings. The molecule has 1 N–H and O–H groups in total. The van der Waals surface area contributed by atoms with Crippen molar-refractivity contribution >= 4 is 22.9 Å². The smallest absolute Gasteiger partial charge is 0.294 e. The second-order valence-corrected chi connectivity index (χ2v) is 8.10. The van der Waals surface area contributed by atoms with Crippen LogP contribution in [0.1, 0.15) is 51.4 Å². The summed E-state index contributed by atoms with van der Waals surface area (Å²) in [7, 11) is 1.73. The lowest BCUT2D eigenvalue weighted by atomic mass is 9.95. The molecular weight excluding hydrogens is 354 g/mol. The normalized spacial score (nSPS) is 19.5. The van der Waals surface area contributed by atoms with Crippen molar-refractivity contribution in [3.05, 3.63) is 28.7 Å². The third-order valence-corrected chi connectivity index (χ3v) is 6.17. The number of anilines is 1. The van der Waals surface area contributed by atoms with Gasteiger partial charge in [-0.2, -0.15) is 0 Å². The van der Waals surface area contributed by atoms with Gasteiger partial charge in [-0.3, -0.25) is 14.2 Å². The summed E-state index contributed by atoms with van der Waals surface area (Å²) in [6, 6.07) is 4.04. The zero-order valence-electron chi connectivity index (χ0n) is 16.6. The molecular formula is C21H29N5O2. The van der Waals surface area contributed by atoms with Crippen LogP contribution in [0, 0.1) is 5.92 Å². The van der Waals surface area contributed by atoms with Crippen molar-refractivity contribution in [1.82, 2.24) is 19.9 Å². The van der Waals surface area contributed by atoms with Crippen LogP contribution in [0.5, 0.6) is 0 Å². The largest absolute Gasteiger partial charge is 0.353 e. The Morgan fingerprint density at radius 2 is 1.82 bits per heavy atom. The summed E-state index contributed by atoms with van der Waals surface area (Å²) < 4.78 is 1.56. The number of carbonyl (C=O) groups excluding carboxylic acids is 1. The summed E-state index contributed by atoms with van der Waals surface area (Å²) >= 11 is 0. The van der Waals surface area contributed by atoms with Crippen LogP contribution in [0.2, 0.25) is 0 Å². The lowest BCUT2D eigenvalue weighted by Gasteiger charge is -2.32. The van der Waals surface area contributed by atoms with Gasteiger partial charge in [-0.25, -0.2) is 9.97 Å². The molecule has 28 heavy (non-hydrogen) atoms. The van der Waals surface area contributed by atoms with Gasteiger partial charge in [0.05, 0.1) is 0 Å². The molecule has 150 valence electrons. The minimum Gasteiger partial charge on any atom is -0.353 e. The van der Waals surface area contributed by atoms with Crippen LogP contribution >= 0.6 is 0 Å². The van der Waals surface area contributed by atoms with Gasteiger partial charge in [0.25, 0.3) is 5.56 Å². The van der Waals surface area contributed by atoms with Gasteiger partial charge in [-0.05, 0) is 37.8 Å². The fourth-order valence-corrected chi connectivity index (χ4v) is 4.44. The molecule has 0 aromatic carbocycles. The van der Waals surface area contributed by atoms with Crippen LogP contribution in [-0.2, 0) is 11.8 Å². The first kappa shape index (κ1) is 18.9. The highest BCUT2D eigenvalue weighted by atomic mass is 16.2. The number of hydrogen-bond acceptors (Lipinski definition) is 5. The molecule has 7 nitrogen and oxygen atoms in total. The number of hydrogen-bond donors (Lipinski definition) is 1. The predicted octanol–water partition coefficient (Wildman–Crippen LogP) is 2.38. The SMILES string of the molecule is Cn1c(=O)c(N2CCC(C(=O)NC3CCCCCC3)CC2)nc2cccnc21. The van der Waals surface area contributed by atoms with Crippen LogP contribution in [0.25, 0.3) is 11.2 Å². The lowest BCUT2D eigenvalue weighted by molar-refractivity contribution is -0.126. The number of aromatic nitrogens is 3. The van der Waals surface area contributed by atoms with E-state index >= 15 is 0 Å². The average molecular weight is 383 g/mol. The topological polar surface area (TPSA) is 80.1 Å². The number of fused-ring (bicyclic) bond motifs is 1. The second-order valence-electron chi connectivity index (χ2n) is 8.10. The zero-order chi connectivity index (χ0) is 19.5. The highest BCUT2D eigenvalue weighted by Gasteiger charge is 2.28. The fourth-order valence-electron chi connectivity index (χ4n) is 4.44. The molecule has 2 aromatic heterocycles. The number of piperidine rings is 1. The van der Waals surface area contributed by atoms with E-state index in [9.17, 15) is 9.59 Å². The molecule has 2 aromatic rings. The third kappa shape index (κ3) is 3.88. The van der Waals surface area contributed by atoms with Crippen LogP contribution < -0.4 is 15.8 Å². The summed E-state index contributed by atoms with van der Waals surface area (Å²) in [5.41, 5.74) is 1.18. The van der Waals surface area contributed by atoms with Gasteiger partial charge < -0.3 is 10.2 Å². The summed E-state index contributed by atoms with van der Waals surface area (Å²) in [5.74, 6) is 0.686. The van der Waals surface area contributed by atoms with Gasteiger partial charge in [-0.15, -0.1) is 0 Å². The van der Waals surface area contributed by atoms with Crippen molar-refractivity contribution in [2.24, 2.45) is 13.0 Å². The standard InChI is InChI=1S/C21H29N5O2/c1-25-18-17(9-6-12-22-18)24-19(21(25)28)26-13-10-15(11-14-26)20(27)23-16-7-4-2-3-5-8-16/h6,9,12,15-16H,2-5,7-8,10-11,13-14H2,1H3,(H,23,27). The van der Waals surface area contributed by atoms with E-state index in [2.05, 4.69) is 15.3 Å². The molecule has 0 radical (unpaired) electrons. The number of pyridine rings is 1. The van der Waals surface area contributed by atoms with Crippen LogP contribution in [0.15, 0.2) is 23.1 Å². The quantitative estimate of drug-likeness (QED) is 0.823. The molecule has 7 heteroatoms. The van der Waals surface area contributed by atoms with Crippen LogP contribution in [0.3, 0.4) is 0 Å². The van der Waals surface area contributed by atoms with E-state index in [1.165, 1.54) is 25.7 Å².